The van der Waals surface area contributed by atoms with Crippen LogP contribution in [0.2, 0.25) is 0 Å². The van der Waals surface area contributed by atoms with Crippen molar-refractivity contribution >= 4 is 21.6 Å². The molecule has 0 aliphatic rings. The van der Waals surface area contributed by atoms with Gasteiger partial charge < -0.3 is 4.74 Å². The van der Waals surface area contributed by atoms with Gasteiger partial charge in [0.1, 0.15) is 27.9 Å². The summed E-state index contributed by atoms with van der Waals surface area (Å²) in [5, 5.41) is 9.77. The molecule has 7 nitrogen and oxygen atoms in total. The van der Waals surface area contributed by atoms with Crippen LogP contribution >= 0.6 is 0 Å². The molecule has 0 aliphatic heterocycles. The van der Waals surface area contributed by atoms with Crippen molar-refractivity contribution in [3.63, 3.8) is 0 Å². The van der Waals surface area contributed by atoms with E-state index >= 15 is 0 Å². The molecule has 0 saturated carbocycles. The minimum absolute atomic E-state index is 0.0441. The summed E-state index contributed by atoms with van der Waals surface area (Å²) < 4.78 is 33.7. The summed E-state index contributed by atoms with van der Waals surface area (Å²) in [5.41, 5.74) is 3.19. The van der Waals surface area contributed by atoms with Crippen LogP contribution in [0, 0.1) is 39.0 Å². The highest BCUT2D eigenvalue weighted by Crippen LogP contribution is 2.28. The molecular formula is C27H23N3O4S. The number of aromatic nitrogens is 2. The molecule has 0 radical (unpaired) electrons. The Labute approximate surface area is 203 Å². The first-order chi connectivity index (χ1) is 16.6. The lowest BCUT2D eigenvalue weighted by atomic mass is 10.1. The molecule has 35 heavy (non-hydrogen) atoms. The maximum absolute atomic E-state index is 13.5. The molecule has 0 amide bonds. The Balaban J connectivity index is 1.97. The van der Waals surface area contributed by atoms with Gasteiger partial charge in [-0.05, 0) is 80.8 Å². The zero-order valence-electron chi connectivity index (χ0n) is 19.7. The summed E-state index contributed by atoms with van der Waals surface area (Å²) in [7, 11) is -4.18. The largest absolute Gasteiger partial charge is 0.438 e. The van der Waals surface area contributed by atoms with Gasteiger partial charge in [0, 0.05) is 6.20 Å². The third-order valence-corrected chi connectivity index (χ3v) is 7.15. The molecule has 4 rings (SSSR count). The lowest BCUT2D eigenvalue weighted by Crippen LogP contribution is -2.20. The third-order valence-electron chi connectivity index (χ3n) is 5.47. The van der Waals surface area contributed by atoms with Crippen molar-refractivity contribution in [2.75, 3.05) is 0 Å². The number of pyridine rings is 1. The molecule has 0 N–H and O–H groups in total. The standard InChI is InChI=1S/C27H23N3O4S/c1-17-7-9-22(10-8-17)35(32,33)23(16-28)15-24-26(34-21-13-18(2)12-19(3)14-21)29-25-20(4)6-5-11-30(25)27(24)31/h5-15H,1-4H3. The molecule has 0 fully saturated rings. The number of rotatable bonds is 5. The fourth-order valence-electron chi connectivity index (χ4n) is 3.74. The molecule has 0 aliphatic carbocycles. The van der Waals surface area contributed by atoms with Crippen LogP contribution in [0.5, 0.6) is 11.6 Å². The fourth-order valence-corrected chi connectivity index (χ4v) is 4.88. The van der Waals surface area contributed by atoms with Crippen molar-refractivity contribution in [2.45, 2.75) is 32.6 Å². The third kappa shape index (κ3) is 4.72. The van der Waals surface area contributed by atoms with Crippen LogP contribution in [0.25, 0.3) is 11.7 Å². The minimum atomic E-state index is -4.18. The molecule has 0 atom stereocenters. The van der Waals surface area contributed by atoms with Gasteiger partial charge in [0.2, 0.25) is 15.7 Å². The number of nitrogens with zero attached hydrogens (tertiary/aromatic N) is 3. The topological polar surface area (TPSA) is 102 Å². The van der Waals surface area contributed by atoms with Crippen molar-refractivity contribution in [1.29, 1.82) is 5.26 Å². The van der Waals surface area contributed by atoms with E-state index in [2.05, 4.69) is 4.98 Å². The van der Waals surface area contributed by atoms with Gasteiger partial charge in [0.05, 0.1) is 4.90 Å². The van der Waals surface area contributed by atoms with Crippen LogP contribution in [0.4, 0.5) is 0 Å². The zero-order chi connectivity index (χ0) is 25.3. The van der Waals surface area contributed by atoms with E-state index in [1.165, 1.54) is 22.7 Å². The molecule has 176 valence electrons. The molecule has 2 aromatic carbocycles. The number of ether oxygens (including phenoxy) is 1. The van der Waals surface area contributed by atoms with Crippen molar-refractivity contribution in [2.24, 2.45) is 0 Å². The summed E-state index contributed by atoms with van der Waals surface area (Å²) in [6.07, 6.45) is 2.58. The van der Waals surface area contributed by atoms with Crippen LogP contribution in [0.15, 0.2) is 75.4 Å². The Kier molecular flexibility index (Phi) is 6.29. The van der Waals surface area contributed by atoms with Crippen LogP contribution in [-0.2, 0) is 9.84 Å². The van der Waals surface area contributed by atoms with Gasteiger partial charge in [-0.1, -0.05) is 29.8 Å². The number of allylic oxidation sites excluding steroid dienone is 1. The summed E-state index contributed by atoms with van der Waals surface area (Å²) >= 11 is 0. The van der Waals surface area contributed by atoms with E-state index in [-0.39, 0.29) is 16.3 Å². The van der Waals surface area contributed by atoms with Gasteiger partial charge in [0.25, 0.3) is 5.56 Å². The highest BCUT2D eigenvalue weighted by atomic mass is 32.2. The lowest BCUT2D eigenvalue weighted by Gasteiger charge is -2.12. The quantitative estimate of drug-likeness (QED) is 0.366. The lowest BCUT2D eigenvalue weighted by molar-refractivity contribution is 0.460. The molecule has 0 bridgehead atoms. The second kappa shape index (κ2) is 9.20. The van der Waals surface area contributed by atoms with Gasteiger partial charge >= 0.3 is 0 Å². The van der Waals surface area contributed by atoms with Crippen molar-refractivity contribution < 1.29 is 13.2 Å². The maximum atomic E-state index is 13.5. The Morgan fingerprint density at radius 2 is 1.66 bits per heavy atom. The summed E-state index contributed by atoms with van der Waals surface area (Å²) in [6.45, 7) is 7.46. The zero-order valence-corrected chi connectivity index (χ0v) is 20.6. The van der Waals surface area contributed by atoms with Gasteiger partial charge in [-0.2, -0.15) is 10.2 Å². The van der Waals surface area contributed by atoms with E-state index in [1.54, 1.807) is 49.4 Å². The van der Waals surface area contributed by atoms with Crippen LogP contribution in [0.1, 0.15) is 27.8 Å². The molecule has 0 saturated heterocycles. The molecule has 0 unspecified atom stereocenters. The predicted octanol–water partition coefficient (Wildman–Crippen LogP) is 5.06. The second-order valence-corrected chi connectivity index (χ2v) is 10.3. The molecule has 0 spiro atoms. The molecular weight excluding hydrogens is 462 g/mol. The van der Waals surface area contributed by atoms with Crippen LogP contribution < -0.4 is 10.3 Å². The van der Waals surface area contributed by atoms with E-state index < -0.39 is 20.3 Å². The number of hydrogen-bond donors (Lipinski definition) is 0. The SMILES string of the molecule is Cc1ccc(S(=O)(=O)C(C#N)=Cc2c(Oc3cc(C)cc(C)c3)nc3c(C)cccn3c2=O)cc1. The van der Waals surface area contributed by atoms with Gasteiger partial charge in [0.15, 0.2) is 0 Å². The normalized spacial score (nSPS) is 11.9. The average molecular weight is 486 g/mol. The number of fused-ring (bicyclic) bond motifs is 1. The first-order valence-corrected chi connectivity index (χ1v) is 12.3. The van der Waals surface area contributed by atoms with E-state index in [0.717, 1.165) is 28.3 Å². The Bertz CT molecular complexity index is 1670. The maximum Gasteiger partial charge on any atom is 0.269 e. The molecule has 8 heteroatoms. The van der Waals surface area contributed by atoms with E-state index in [9.17, 15) is 18.5 Å². The average Bonchev–Trinajstić information content (AvgIpc) is 2.79. The van der Waals surface area contributed by atoms with Gasteiger partial charge in [-0.3, -0.25) is 9.20 Å². The second-order valence-electron chi connectivity index (χ2n) is 8.38. The van der Waals surface area contributed by atoms with Crippen molar-refractivity contribution in [3.8, 4) is 17.7 Å². The van der Waals surface area contributed by atoms with E-state index in [0.29, 0.717) is 11.4 Å². The molecule has 2 aromatic heterocycles. The van der Waals surface area contributed by atoms with Gasteiger partial charge in [-0.25, -0.2) is 8.42 Å². The van der Waals surface area contributed by atoms with Crippen LogP contribution in [-0.4, -0.2) is 17.8 Å². The van der Waals surface area contributed by atoms with E-state index in [1.807, 2.05) is 26.8 Å². The van der Waals surface area contributed by atoms with E-state index in [4.69, 9.17) is 4.74 Å². The summed E-state index contributed by atoms with van der Waals surface area (Å²) in [4.78, 5) is 17.4. The van der Waals surface area contributed by atoms with Crippen LogP contribution in [0.3, 0.4) is 0 Å². The highest BCUT2D eigenvalue weighted by molar-refractivity contribution is 7.95. The highest BCUT2D eigenvalue weighted by Gasteiger charge is 2.24. The van der Waals surface area contributed by atoms with Gasteiger partial charge in [-0.15, -0.1) is 0 Å². The number of sulfone groups is 1. The number of nitriles is 1. The fraction of sp³-hybridized carbons (Fsp3) is 0.148. The smallest absolute Gasteiger partial charge is 0.269 e. The monoisotopic (exact) mass is 485 g/mol. The molecule has 4 aromatic rings. The molecule has 2 heterocycles. The Morgan fingerprint density at radius 1 is 1.00 bits per heavy atom. The Morgan fingerprint density at radius 3 is 2.29 bits per heavy atom. The minimum Gasteiger partial charge on any atom is -0.438 e. The number of aryl methyl sites for hydroxylation is 4. The summed E-state index contributed by atoms with van der Waals surface area (Å²) in [6, 6.07) is 16.9. The number of hydrogen-bond acceptors (Lipinski definition) is 6. The number of benzene rings is 2. The summed E-state index contributed by atoms with van der Waals surface area (Å²) in [5.74, 6) is 0.364. The predicted molar refractivity (Wildman–Crippen MR) is 134 cm³/mol. The first kappa shape index (κ1) is 23.9. The van der Waals surface area contributed by atoms with Crippen molar-refractivity contribution in [3.05, 3.63) is 104 Å². The van der Waals surface area contributed by atoms with Crippen molar-refractivity contribution in [1.82, 2.24) is 9.38 Å². The Hall–Kier alpha value is -4.22. The first-order valence-electron chi connectivity index (χ1n) is 10.8.